The van der Waals surface area contributed by atoms with Crippen LogP contribution in [-0.2, 0) is 9.09 Å². The van der Waals surface area contributed by atoms with Crippen molar-refractivity contribution in [1.29, 1.82) is 0 Å². The van der Waals surface area contributed by atoms with Gasteiger partial charge in [-0.15, -0.1) is 11.6 Å². The molecule has 0 aromatic rings. The van der Waals surface area contributed by atoms with Gasteiger partial charge in [-0.3, -0.25) is 4.52 Å². The van der Waals surface area contributed by atoms with Crippen LogP contribution in [0, 0.1) is 10.8 Å². The number of rotatable bonds is 6. The van der Waals surface area contributed by atoms with Crippen molar-refractivity contribution in [2.45, 2.75) is 63.2 Å². The average Bonchev–Trinajstić information content (AvgIpc) is 2.21. The van der Waals surface area contributed by atoms with Crippen molar-refractivity contribution in [3.8, 4) is 0 Å². The fourth-order valence-electron chi connectivity index (χ4n) is 2.36. The third kappa shape index (κ3) is 6.40. The molecule has 0 aromatic heterocycles. The monoisotopic (exact) mass is 470 g/mol. The van der Waals surface area contributed by atoms with Crippen LogP contribution in [0.1, 0.15) is 48.0 Å². The van der Waals surface area contributed by atoms with Crippen molar-refractivity contribution in [2.75, 3.05) is 5.88 Å². The summed E-state index contributed by atoms with van der Waals surface area (Å²) in [6.45, 7) is 11.9. The van der Waals surface area contributed by atoms with Crippen LogP contribution in [-0.4, -0.2) is 30.9 Å². The van der Waals surface area contributed by atoms with Gasteiger partial charge in [0, 0.05) is 5.88 Å². The van der Waals surface area contributed by atoms with Gasteiger partial charge in [0.25, 0.3) is 0 Å². The highest BCUT2D eigenvalue weighted by atomic mass is 79.9. The zero-order chi connectivity index (χ0) is 17.3. The predicted octanol–water partition coefficient (Wildman–Crippen LogP) is 5.08. The van der Waals surface area contributed by atoms with Crippen LogP contribution in [0.15, 0.2) is 0 Å². The Morgan fingerprint density at radius 3 is 1.57 bits per heavy atom. The fourth-order valence-corrected chi connectivity index (χ4v) is 5.21. The van der Waals surface area contributed by atoms with Gasteiger partial charge >= 0.3 is 7.82 Å². The van der Waals surface area contributed by atoms with E-state index in [2.05, 4.69) is 31.9 Å². The zero-order valence-corrected chi connectivity index (χ0v) is 18.2. The first-order valence-electron chi connectivity index (χ1n) is 6.68. The quantitative estimate of drug-likeness (QED) is 0.418. The van der Waals surface area contributed by atoms with Crippen LogP contribution < -0.4 is 0 Å². The van der Waals surface area contributed by atoms with Gasteiger partial charge in [-0.05, 0) is 17.3 Å². The Kier molecular flexibility index (Phi) is 7.99. The maximum Gasteiger partial charge on any atom is 0.470 e. The van der Waals surface area contributed by atoms with Gasteiger partial charge in [-0.1, -0.05) is 73.4 Å². The molecule has 0 saturated carbocycles. The van der Waals surface area contributed by atoms with E-state index < -0.39 is 13.4 Å². The smallest absolute Gasteiger partial charge is 0.303 e. The van der Waals surface area contributed by atoms with Crippen molar-refractivity contribution >= 4 is 51.3 Å². The van der Waals surface area contributed by atoms with Gasteiger partial charge in [0.2, 0.25) is 0 Å². The maximum atomic E-state index is 11.6. The molecular formula is C13H26Br2ClO4P. The van der Waals surface area contributed by atoms with E-state index in [0.29, 0.717) is 6.42 Å². The Bertz CT molecular complexity index is 367. The van der Waals surface area contributed by atoms with Crippen molar-refractivity contribution in [1.82, 2.24) is 0 Å². The van der Waals surface area contributed by atoms with Crippen LogP contribution in [0.3, 0.4) is 0 Å². The Labute approximate surface area is 149 Å². The minimum Gasteiger partial charge on any atom is -0.303 e. The Morgan fingerprint density at radius 2 is 1.38 bits per heavy atom. The summed E-state index contributed by atoms with van der Waals surface area (Å²) in [6, 6.07) is 0. The summed E-state index contributed by atoms with van der Waals surface area (Å²) in [5.41, 5.74) is -1.70. The number of phosphoric ester groups is 1. The van der Waals surface area contributed by atoms with E-state index in [9.17, 15) is 14.4 Å². The molecule has 0 bridgehead atoms. The molecule has 4 nitrogen and oxygen atoms in total. The topological polar surface area (TPSA) is 66.8 Å². The second-order valence-corrected chi connectivity index (χ2v) is 10.8. The number of hydrogen-bond acceptors (Lipinski definition) is 2. The average molecular weight is 473 g/mol. The summed E-state index contributed by atoms with van der Waals surface area (Å²) in [6.07, 6.45) is 0.306. The summed E-state index contributed by atoms with van der Waals surface area (Å²) in [4.78, 5) is 18.2. The molecule has 0 radical (unpaired) electrons. The molecule has 2 atom stereocenters. The summed E-state index contributed by atoms with van der Waals surface area (Å²) >= 11 is 13.2. The fraction of sp³-hybridized carbons (Fsp3) is 1.00. The van der Waals surface area contributed by atoms with Crippen LogP contribution in [0.4, 0.5) is 0 Å². The van der Waals surface area contributed by atoms with Gasteiger partial charge in [0.1, 0.15) is 5.60 Å². The van der Waals surface area contributed by atoms with Crippen LogP contribution >= 0.6 is 51.3 Å². The van der Waals surface area contributed by atoms with Crippen molar-refractivity contribution in [2.24, 2.45) is 10.8 Å². The molecule has 2 unspecified atom stereocenters. The Hall–Kier alpha value is 1.36. The molecule has 21 heavy (non-hydrogen) atoms. The van der Waals surface area contributed by atoms with E-state index in [1.165, 1.54) is 0 Å². The highest BCUT2D eigenvalue weighted by Crippen LogP contribution is 2.55. The second kappa shape index (κ2) is 7.50. The molecule has 8 heteroatoms. The number of alkyl halides is 3. The SMILES string of the molecule is CC(C)(C)C(Br)C(CCCl)(OP(=O)(O)O)C(Br)C(C)(C)C. The third-order valence-corrected chi connectivity index (χ3v) is 8.22. The standard InChI is InChI=1S/C13H26Br2ClO4P/c1-11(2,3)9(14)13(7-8-16,20-21(17,18)19)10(15)12(4,5)6/h9-10H,7-8H2,1-6H3,(H2,17,18,19). The highest BCUT2D eigenvalue weighted by molar-refractivity contribution is 9.10. The number of phosphoric acid groups is 1. The minimum atomic E-state index is -4.68. The molecule has 0 aliphatic carbocycles. The molecule has 128 valence electrons. The van der Waals surface area contributed by atoms with E-state index in [0.717, 1.165) is 0 Å². The van der Waals surface area contributed by atoms with Crippen LogP contribution in [0.2, 0.25) is 0 Å². The van der Waals surface area contributed by atoms with Crippen LogP contribution in [0.25, 0.3) is 0 Å². The normalized spacial score (nSPS) is 20.0. The predicted molar refractivity (Wildman–Crippen MR) is 95.5 cm³/mol. The Balaban J connectivity index is 6.06. The first kappa shape index (κ1) is 22.4. The molecule has 0 aromatic carbocycles. The van der Waals surface area contributed by atoms with Gasteiger partial charge in [-0.25, -0.2) is 4.57 Å². The van der Waals surface area contributed by atoms with E-state index in [4.69, 9.17) is 16.1 Å². The molecular weight excluding hydrogens is 446 g/mol. The maximum absolute atomic E-state index is 11.6. The van der Waals surface area contributed by atoms with Gasteiger partial charge < -0.3 is 9.79 Å². The number of halogens is 3. The summed E-state index contributed by atoms with van der Waals surface area (Å²) in [5.74, 6) is 0.233. The molecule has 0 spiro atoms. The van der Waals surface area contributed by atoms with Gasteiger partial charge in [0.05, 0.1) is 9.65 Å². The first-order chi connectivity index (χ1) is 9.08. The molecule has 2 N–H and O–H groups in total. The number of hydrogen-bond donors (Lipinski definition) is 2. The van der Waals surface area contributed by atoms with E-state index in [1.807, 2.05) is 41.5 Å². The molecule has 0 aliphatic rings. The summed E-state index contributed by atoms with van der Waals surface area (Å²) < 4.78 is 16.9. The molecule has 0 aliphatic heterocycles. The second-order valence-electron chi connectivity index (χ2n) is 7.43. The molecule has 0 rings (SSSR count). The molecule has 0 heterocycles. The molecule has 0 fully saturated rings. The van der Waals surface area contributed by atoms with Crippen LogP contribution in [0.5, 0.6) is 0 Å². The zero-order valence-electron chi connectivity index (χ0n) is 13.4. The van der Waals surface area contributed by atoms with E-state index in [-0.39, 0.29) is 26.4 Å². The van der Waals surface area contributed by atoms with Gasteiger partial charge in [0.15, 0.2) is 0 Å². The Morgan fingerprint density at radius 1 is 1.05 bits per heavy atom. The van der Waals surface area contributed by atoms with E-state index >= 15 is 0 Å². The molecule has 0 saturated heterocycles. The van der Waals surface area contributed by atoms with Gasteiger partial charge in [-0.2, -0.15) is 0 Å². The lowest BCUT2D eigenvalue weighted by Gasteiger charge is -2.49. The van der Waals surface area contributed by atoms with Crippen molar-refractivity contribution in [3.05, 3.63) is 0 Å². The first-order valence-corrected chi connectivity index (χ1v) is 10.6. The lowest BCUT2D eigenvalue weighted by molar-refractivity contribution is -0.0130. The van der Waals surface area contributed by atoms with E-state index in [1.54, 1.807) is 0 Å². The molecule has 0 amide bonds. The highest BCUT2D eigenvalue weighted by Gasteiger charge is 2.55. The van der Waals surface area contributed by atoms with Crippen molar-refractivity contribution < 1.29 is 18.9 Å². The largest absolute Gasteiger partial charge is 0.470 e. The third-order valence-electron chi connectivity index (χ3n) is 3.15. The summed E-state index contributed by atoms with van der Waals surface area (Å²) in [5, 5.41) is 0. The lowest BCUT2D eigenvalue weighted by atomic mass is 9.72. The minimum absolute atomic E-state index is 0.233. The summed E-state index contributed by atoms with van der Waals surface area (Å²) in [7, 11) is -4.68. The lowest BCUT2D eigenvalue weighted by Crippen LogP contribution is -2.57. The van der Waals surface area contributed by atoms with Crippen molar-refractivity contribution in [3.63, 3.8) is 0 Å².